The molecule has 2 amide bonds. The highest BCUT2D eigenvalue weighted by Gasteiger charge is 2.47. The van der Waals surface area contributed by atoms with Crippen LogP contribution in [0.1, 0.15) is 55.6 Å². The molecule has 2 aromatic rings. The van der Waals surface area contributed by atoms with Crippen molar-refractivity contribution in [2.75, 3.05) is 13.7 Å². The molecule has 2 aliphatic rings. The lowest BCUT2D eigenvalue weighted by molar-refractivity contribution is -0.161. The highest BCUT2D eigenvalue weighted by Crippen LogP contribution is 2.44. The molecule has 7 heteroatoms. The summed E-state index contributed by atoms with van der Waals surface area (Å²) in [6.07, 6.45) is 7.77. The number of nitrogens with one attached hydrogen (secondary N) is 1. The number of hydrogen-bond acceptors (Lipinski definition) is 4. The number of benzene rings is 2. The largest absolute Gasteiger partial charge is 0.479 e. The van der Waals surface area contributed by atoms with Crippen molar-refractivity contribution in [1.29, 1.82) is 0 Å². The Bertz CT molecular complexity index is 1120. The van der Waals surface area contributed by atoms with E-state index in [0.29, 0.717) is 12.8 Å². The van der Waals surface area contributed by atoms with Crippen molar-refractivity contribution in [3.05, 3.63) is 59.7 Å². The highest BCUT2D eigenvalue weighted by atomic mass is 16.5. The Morgan fingerprint density at radius 2 is 1.66 bits per heavy atom. The summed E-state index contributed by atoms with van der Waals surface area (Å²) in [4.78, 5) is 39.4. The maximum Gasteiger partial charge on any atom is 0.407 e. The van der Waals surface area contributed by atoms with E-state index in [4.69, 9.17) is 11.2 Å². The van der Waals surface area contributed by atoms with Gasteiger partial charge in [-0.05, 0) is 35.1 Å². The molecule has 0 aliphatic heterocycles. The van der Waals surface area contributed by atoms with E-state index in [1.165, 1.54) is 11.9 Å². The van der Waals surface area contributed by atoms with Gasteiger partial charge in [0.25, 0.3) is 0 Å². The quantitative estimate of drug-likeness (QED) is 0.588. The lowest BCUT2D eigenvalue weighted by atomic mass is 9.80. The first-order valence-electron chi connectivity index (χ1n) is 11.9. The van der Waals surface area contributed by atoms with Gasteiger partial charge in [-0.1, -0.05) is 67.8 Å². The lowest BCUT2D eigenvalue weighted by Gasteiger charge is -2.42. The maximum atomic E-state index is 13.3. The summed E-state index contributed by atoms with van der Waals surface area (Å²) in [5.74, 6) is 0.735. The van der Waals surface area contributed by atoms with Crippen LogP contribution in [0.25, 0.3) is 11.1 Å². The number of ether oxygens (including phenoxy) is 1. The summed E-state index contributed by atoms with van der Waals surface area (Å²) in [6.45, 7) is 0.103. The molecule has 2 aromatic carbocycles. The Labute approximate surface area is 205 Å². The average Bonchev–Trinajstić information content (AvgIpc) is 3.20. The Morgan fingerprint density at radius 1 is 1.09 bits per heavy atom. The molecule has 182 valence electrons. The van der Waals surface area contributed by atoms with Gasteiger partial charge in [0.15, 0.2) is 0 Å². The van der Waals surface area contributed by atoms with E-state index in [9.17, 15) is 19.5 Å². The zero-order chi connectivity index (χ0) is 25.0. The van der Waals surface area contributed by atoms with Gasteiger partial charge in [0.05, 0.1) is 0 Å². The minimum atomic E-state index is -1.29. The Balaban J connectivity index is 1.45. The number of carbonyl (C=O) groups is 3. The summed E-state index contributed by atoms with van der Waals surface area (Å²) < 4.78 is 5.56. The van der Waals surface area contributed by atoms with Crippen LogP contribution in [0, 0.1) is 12.3 Å². The fraction of sp³-hybridized carbons (Fsp3) is 0.393. The summed E-state index contributed by atoms with van der Waals surface area (Å²) in [5.41, 5.74) is 3.11. The van der Waals surface area contributed by atoms with Crippen molar-refractivity contribution < 1.29 is 24.2 Å². The van der Waals surface area contributed by atoms with Crippen molar-refractivity contribution in [2.45, 2.75) is 56.0 Å². The number of likely N-dealkylation sites (N-methyl/N-ethyl adjacent to an activating group) is 1. The van der Waals surface area contributed by atoms with Crippen molar-refractivity contribution >= 4 is 18.0 Å². The molecular weight excluding hydrogens is 444 g/mol. The summed E-state index contributed by atoms with van der Waals surface area (Å²) >= 11 is 0. The number of carboxylic acid groups (broad SMARTS) is 1. The summed E-state index contributed by atoms with van der Waals surface area (Å²) in [7, 11) is 1.48. The van der Waals surface area contributed by atoms with E-state index in [-0.39, 0.29) is 18.9 Å². The molecule has 1 fully saturated rings. The number of nitrogens with zero attached hydrogens (tertiary/aromatic N) is 1. The molecular formula is C28H30N2O5. The smallest absolute Gasteiger partial charge is 0.407 e. The second-order valence-electron chi connectivity index (χ2n) is 9.23. The van der Waals surface area contributed by atoms with Gasteiger partial charge in [0.1, 0.15) is 18.2 Å². The third-order valence-electron chi connectivity index (χ3n) is 7.31. The number of fused-ring (bicyclic) bond motifs is 3. The number of terminal acetylenes is 1. The molecule has 0 spiro atoms. The second-order valence-corrected chi connectivity index (χ2v) is 9.23. The topological polar surface area (TPSA) is 95.9 Å². The Hall–Kier alpha value is -3.79. The van der Waals surface area contributed by atoms with E-state index < -0.39 is 29.6 Å². The van der Waals surface area contributed by atoms with Crippen LogP contribution >= 0.6 is 0 Å². The first-order valence-corrected chi connectivity index (χ1v) is 11.9. The summed E-state index contributed by atoms with van der Waals surface area (Å²) in [5, 5.41) is 12.5. The van der Waals surface area contributed by atoms with Gasteiger partial charge in [-0.3, -0.25) is 4.79 Å². The minimum Gasteiger partial charge on any atom is -0.479 e. The molecule has 7 nitrogen and oxygen atoms in total. The van der Waals surface area contributed by atoms with Gasteiger partial charge in [0, 0.05) is 19.4 Å². The third-order valence-corrected chi connectivity index (χ3v) is 7.31. The molecule has 0 bridgehead atoms. The molecule has 0 aromatic heterocycles. The van der Waals surface area contributed by atoms with Crippen molar-refractivity contribution in [3.63, 3.8) is 0 Å². The SMILES string of the molecule is C#CCC(NC(=O)OCC1c2ccccc2-c2ccccc21)C(=O)N(C)C1(C(=O)O)CCCCC1. The standard InChI is InChI=1S/C28H30N2O5/c1-3-11-24(25(31)30(2)28(26(32)33)16-9-4-10-17-28)29-27(34)35-18-23-21-14-7-5-12-19(21)20-13-6-8-15-22(20)23/h1,5-8,12-15,23-24H,4,9-11,16-18H2,2H3,(H,29,34)(H,32,33). The highest BCUT2D eigenvalue weighted by molar-refractivity contribution is 5.91. The monoisotopic (exact) mass is 474 g/mol. The lowest BCUT2D eigenvalue weighted by Crippen LogP contribution is -2.60. The number of hydrogen-bond donors (Lipinski definition) is 2. The number of amides is 2. The number of rotatable bonds is 7. The molecule has 4 rings (SSSR count). The number of carboxylic acids is 1. The molecule has 0 heterocycles. The molecule has 1 atom stereocenters. The van der Waals surface area contributed by atoms with Crippen LogP contribution in [0.3, 0.4) is 0 Å². The fourth-order valence-electron chi connectivity index (χ4n) is 5.37. The Morgan fingerprint density at radius 3 is 2.20 bits per heavy atom. The molecule has 0 saturated heterocycles. The molecule has 0 radical (unpaired) electrons. The zero-order valence-corrected chi connectivity index (χ0v) is 19.8. The van der Waals surface area contributed by atoms with E-state index in [2.05, 4.69) is 23.4 Å². The van der Waals surface area contributed by atoms with Gasteiger partial charge in [-0.25, -0.2) is 9.59 Å². The van der Waals surface area contributed by atoms with Gasteiger partial charge in [-0.2, -0.15) is 0 Å². The average molecular weight is 475 g/mol. The molecule has 1 saturated carbocycles. The van der Waals surface area contributed by atoms with Gasteiger partial charge >= 0.3 is 12.1 Å². The maximum absolute atomic E-state index is 13.3. The third kappa shape index (κ3) is 4.61. The molecule has 2 aliphatic carbocycles. The normalized spacial score (nSPS) is 16.8. The van der Waals surface area contributed by atoms with Crippen molar-refractivity contribution in [3.8, 4) is 23.5 Å². The number of aliphatic carboxylic acids is 1. The Kier molecular flexibility index (Phi) is 7.11. The minimum absolute atomic E-state index is 0.0664. The fourth-order valence-corrected chi connectivity index (χ4v) is 5.37. The van der Waals surface area contributed by atoms with Gasteiger partial charge in [0.2, 0.25) is 5.91 Å². The van der Waals surface area contributed by atoms with E-state index in [0.717, 1.165) is 41.5 Å². The first kappa shape index (κ1) is 24.3. The van der Waals surface area contributed by atoms with E-state index in [1.807, 2.05) is 36.4 Å². The predicted octanol–water partition coefficient (Wildman–Crippen LogP) is 4.16. The van der Waals surface area contributed by atoms with Gasteiger partial charge in [-0.15, -0.1) is 12.3 Å². The van der Waals surface area contributed by atoms with Crippen LogP contribution in [0.15, 0.2) is 48.5 Å². The number of alkyl carbamates (subject to hydrolysis) is 1. The van der Waals surface area contributed by atoms with E-state index in [1.54, 1.807) is 0 Å². The van der Waals surface area contributed by atoms with E-state index >= 15 is 0 Å². The second kappa shape index (κ2) is 10.2. The van der Waals surface area contributed by atoms with Crippen LogP contribution in [-0.2, 0) is 14.3 Å². The number of carbonyl (C=O) groups excluding carboxylic acids is 2. The van der Waals surface area contributed by atoms with Gasteiger partial charge < -0.3 is 20.1 Å². The summed E-state index contributed by atoms with van der Waals surface area (Å²) in [6, 6.07) is 15.0. The predicted molar refractivity (Wildman–Crippen MR) is 132 cm³/mol. The first-order chi connectivity index (χ1) is 16.9. The van der Waals surface area contributed by atoms with Crippen molar-refractivity contribution in [2.24, 2.45) is 0 Å². The van der Waals surface area contributed by atoms with Crippen LogP contribution in [0.4, 0.5) is 4.79 Å². The molecule has 1 unspecified atom stereocenters. The van der Waals surface area contributed by atoms with Crippen LogP contribution in [-0.4, -0.2) is 53.2 Å². The molecule has 35 heavy (non-hydrogen) atoms. The van der Waals surface area contributed by atoms with Crippen LogP contribution < -0.4 is 5.32 Å². The van der Waals surface area contributed by atoms with Crippen LogP contribution in [0.2, 0.25) is 0 Å². The van der Waals surface area contributed by atoms with Crippen LogP contribution in [0.5, 0.6) is 0 Å². The zero-order valence-electron chi connectivity index (χ0n) is 19.8. The van der Waals surface area contributed by atoms with Crippen molar-refractivity contribution in [1.82, 2.24) is 10.2 Å². The molecule has 2 N–H and O–H groups in total.